The second-order valence-corrected chi connectivity index (χ2v) is 4.46. The molecule has 1 aromatic carbocycles. The monoisotopic (exact) mass is 272 g/mol. The van der Waals surface area contributed by atoms with Crippen molar-refractivity contribution >= 4 is 11.6 Å². The molecule has 0 bridgehead atoms. The van der Waals surface area contributed by atoms with Crippen molar-refractivity contribution in [3.8, 4) is 0 Å². The average Bonchev–Trinajstić information content (AvgIpc) is 2.42. The molecule has 0 heterocycles. The Bertz CT molecular complexity index is 305. The third kappa shape index (κ3) is 5.83. The van der Waals surface area contributed by atoms with Gasteiger partial charge < -0.3 is 14.2 Å². The molecule has 0 spiro atoms. The van der Waals surface area contributed by atoms with Gasteiger partial charge in [-0.05, 0) is 5.56 Å². The van der Waals surface area contributed by atoms with Crippen LogP contribution in [0.1, 0.15) is 18.4 Å². The molecule has 3 nitrogen and oxygen atoms in total. The van der Waals surface area contributed by atoms with Crippen molar-refractivity contribution in [3.05, 3.63) is 35.9 Å². The Labute approximate surface area is 114 Å². The number of hydrogen-bond donors (Lipinski definition) is 0. The maximum absolute atomic E-state index is 6.20. The SMILES string of the molecule is COCCOCCOC(Cl)C(C)c1ccccc1. The molecule has 0 aromatic heterocycles. The highest BCUT2D eigenvalue weighted by Crippen LogP contribution is 2.23. The highest BCUT2D eigenvalue weighted by Gasteiger charge is 2.16. The summed E-state index contributed by atoms with van der Waals surface area (Å²) >= 11 is 6.20. The molecule has 0 saturated carbocycles. The predicted molar refractivity (Wildman–Crippen MR) is 73.1 cm³/mol. The fourth-order valence-electron chi connectivity index (χ4n) is 1.52. The first-order valence-corrected chi connectivity index (χ1v) is 6.56. The number of ether oxygens (including phenoxy) is 3. The molecule has 0 N–H and O–H groups in total. The summed E-state index contributed by atoms with van der Waals surface area (Å²) in [5.41, 5.74) is 0.844. The van der Waals surface area contributed by atoms with Crippen LogP contribution < -0.4 is 0 Å². The topological polar surface area (TPSA) is 27.7 Å². The van der Waals surface area contributed by atoms with Gasteiger partial charge in [0.2, 0.25) is 0 Å². The summed E-state index contributed by atoms with van der Waals surface area (Å²) in [6.45, 7) is 4.27. The molecule has 0 saturated heterocycles. The standard InChI is InChI=1S/C14H21ClO3/c1-12(13-6-4-3-5-7-13)14(15)18-11-10-17-9-8-16-2/h3-7,12,14H,8-11H2,1-2H3. The Morgan fingerprint density at radius 2 is 1.72 bits per heavy atom. The van der Waals surface area contributed by atoms with E-state index in [1.807, 2.05) is 18.2 Å². The van der Waals surface area contributed by atoms with Gasteiger partial charge in [0.05, 0.1) is 26.4 Å². The molecule has 1 aromatic rings. The largest absolute Gasteiger partial charge is 0.382 e. The van der Waals surface area contributed by atoms with Crippen molar-refractivity contribution in [2.45, 2.75) is 18.4 Å². The first-order chi connectivity index (χ1) is 8.75. The maximum Gasteiger partial charge on any atom is 0.137 e. The van der Waals surface area contributed by atoms with E-state index in [4.69, 9.17) is 25.8 Å². The Kier molecular flexibility index (Phi) is 8.01. The van der Waals surface area contributed by atoms with E-state index >= 15 is 0 Å². The average molecular weight is 273 g/mol. The fraction of sp³-hybridized carbons (Fsp3) is 0.571. The van der Waals surface area contributed by atoms with Gasteiger partial charge >= 0.3 is 0 Å². The third-order valence-corrected chi connectivity index (χ3v) is 3.16. The minimum Gasteiger partial charge on any atom is -0.382 e. The van der Waals surface area contributed by atoms with E-state index in [-0.39, 0.29) is 11.5 Å². The van der Waals surface area contributed by atoms with Gasteiger partial charge in [0.1, 0.15) is 5.56 Å². The first kappa shape index (κ1) is 15.4. The summed E-state index contributed by atoms with van der Waals surface area (Å²) in [5, 5.41) is 0. The lowest BCUT2D eigenvalue weighted by Crippen LogP contribution is -2.17. The van der Waals surface area contributed by atoms with Gasteiger partial charge in [0.25, 0.3) is 0 Å². The minimum atomic E-state index is -0.335. The highest BCUT2D eigenvalue weighted by atomic mass is 35.5. The summed E-state index contributed by atoms with van der Waals surface area (Å²) in [6, 6.07) is 10.1. The zero-order valence-corrected chi connectivity index (χ0v) is 11.7. The summed E-state index contributed by atoms with van der Waals surface area (Å²) in [4.78, 5) is 0. The molecule has 4 heteroatoms. The molecular formula is C14H21ClO3. The molecule has 18 heavy (non-hydrogen) atoms. The second kappa shape index (κ2) is 9.34. The zero-order valence-electron chi connectivity index (χ0n) is 11.0. The Balaban J connectivity index is 2.18. The van der Waals surface area contributed by atoms with Crippen LogP contribution in [-0.4, -0.2) is 39.1 Å². The van der Waals surface area contributed by atoms with Crippen LogP contribution in [-0.2, 0) is 14.2 Å². The first-order valence-electron chi connectivity index (χ1n) is 6.13. The molecule has 2 atom stereocenters. The van der Waals surface area contributed by atoms with E-state index in [0.29, 0.717) is 26.4 Å². The van der Waals surface area contributed by atoms with Crippen molar-refractivity contribution in [3.63, 3.8) is 0 Å². The van der Waals surface area contributed by atoms with Gasteiger partial charge in [-0.1, -0.05) is 48.9 Å². The van der Waals surface area contributed by atoms with Crippen LogP contribution in [0.15, 0.2) is 30.3 Å². The highest BCUT2D eigenvalue weighted by molar-refractivity contribution is 6.20. The van der Waals surface area contributed by atoms with Crippen molar-refractivity contribution in [1.29, 1.82) is 0 Å². The fourth-order valence-corrected chi connectivity index (χ4v) is 1.75. The molecule has 0 aliphatic carbocycles. The number of rotatable bonds is 9. The second-order valence-electron chi connectivity index (χ2n) is 4.03. The van der Waals surface area contributed by atoms with Gasteiger partial charge in [0.15, 0.2) is 0 Å². The number of methoxy groups -OCH3 is 1. The van der Waals surface area contributed by atoms with E-state index < -0.39 is 0 Å². The third-order valence-electron chi connectivity index (χ3n) is 2.65. The summed E-state index contributed by atoms with van der Waals surface area (Å²) in [6.07, 6.45) is 0. The van der Waals surface area contributed by atoms with Gasteiger partial charge in [-0.2, -0.15) is 0 Å². The van der Waals surface area contributed by atoms with Crippen LogP contribution in [0.3, 0.4) is 0 Å². The number of halogens is 1. The Morgan fingerprint density at radius 1 is 1.06 bits per heavy atom. The van der Waals surface area contributed by atoms with E-state index in [0.717, 1.165) is 0 Å². The number of alkyl halides is 1. The minimum absolute atomic E-state index is 0.159. The van der Waals surface area contributed by atoms with Crippen molar-refractivity contribution in [1.82, 2.24) is 0 Å². The molecule has 0 fully saturated rings. The van der Waals surface area contributed by atoms with E-state index in [2.05, 4.69) is 19.1 Å². The summed E-state index contributed by atoms with van der Waals surface area (Å²) in [5.74, 6) is 0.159. The van der Waals surface area contributed by atoms with Gasteiger partial charge in [-0.15, -0.1) is 0 Å². The molecule has 0 aliphatic rings. The Morgan fingerprint density at radius 3 is 2.39 bits per heavy atom. The quantitative estimate of drug-likeness (QED) is 0.511. The molecule has 0 aliphatic heterocycles. The van der Waals surface area contributed by atoms with Crippen LogP contribution in [0.2, 0.25) is 0 Å². The molecule has 102 valence electrons. The van der Waals surface area contributed by atoms with Gasteiger partial charge in [-0.25, -0.2) is 0 Å². The predicted octanol–water partition coefficient (Wildman–Crippen LogP) is 3.03. The van der Waals surface area contributed by atoms with Crippen LogP contribution in [0.4, 0.5) is 0 Å². The molecule has 0 radical (unpaired) electrons. The lowest BCUT2D eigenvalue weighted by atomic mass is 10.0. The Hall–Kier alpha value is -0.610. The molecular weight excluding hydrogens is 252 g/mol. The van der Waals surface area contributed by atoms with Crippen LogP contribution >= 0.6 is 11.6 Å². The zero-order chi connectivity index (χ0) is 13.2. The van der Waals surface area contributed by atoms with Crippen LogP contribution in [0, 0.1) is 0 Å². The number of hydrogen-bond acceptors (Lipinski definition) is 3. The molecule has 1 rings (SSSR count). The van der Waals surface area contributed by atoms with Crippen molar-refractivity contribution in [2.75, 3.05) is 33.5 Å². The van der Waals surface area contributed by atoms with Gasteiger partial charge in [-0.3, -0.25) is 0 Å². The van der Waals surface area contributed by atoms with E-state index in [1.165, 1.54) is 5.56 Å². The molecule has 2 unspecified atom stereocenters. The normalized spacial score (nSPS) is 14.4. The van der Waals surface area contributed by atoms with Crippen molar-refractivity contribution in [2.24, 2.45) is 0 Å². The van der Waals surface area contributed by atoms with Crippen LogP contribution in [0.25, 0.3) is 0 Å². The van der Waals surface area contributed by atoms with Crippen LogP contribution in [0.5, 0.6) is 0 Å². The summed E-state index contributed by atoms with van der Waals surface area (Å²) in [7, 11) is 1.65. The van der Waals surface area contributed by atoms with E-state index in [1.54, 1.807) is 7.11 Å². The van der Waals surface area contributed by atoms with E-state index in [9.17, 15) is 0 Å². The molecule has 0 amide bonds. The maximum atomic E-state index is 6.20. The summed E-state index contributed by atoms with van der Waals surface area (Å²) < 4.78 is 15.7. The number of benzene rings is 1. The lowest BCUT2D eigenvalue weighted by Gasteiger charge is -2.19. The van der Waals surface area contributed by atoms with Gasteiger partial charge in [0, 0.05) is 13.0 Å². The lowest BCUT2D eigenvalue weighted by molar-refractivity contribution is 0.0115. The van der Waals surface area contributed by atoms with Crippen molar-refractivity contribution < 1.29 is 14.2 Å². The smallest absolute Gasteiger partial charge is 0.137 e.